The number of thioether (sulfide) groups is 1. The molecule has 1 N–H and O–H groups in total. The van der Waals surface area contributed by atoms with Crippen LogP contribution >= 0.6 is 11.8 Å². The minimum atomic E-state index is -3.63. The van der Waals surface area contributed by atoms with E-state index in [0.29, 0.717) is 30.6 Å². The number of rotatable bonds is 8. The zero-order valence-corrected chi connectivity index (χ0v) is 20.0. The Morgan fingerprint density at radius 3 is 2.56 bits per heavy atom. The van der Waals surface area contributed by atoms with Crippen molar-refractivity contribution in [3.63, 3.8) is 0 Å². The van der Waals surface area contributed by atoms with Crippen LogP contribution in [-0.2, 0) is 14.8 Å². The molecule has 4 rings (SSSR count). The number of benzene rings is 1. The molecule has 2 aromatic rings. The second kappa shape index (κ2) is 9.80. The summed E-state index contributed by atoms with van der Waals surface area (Å²) in [5, 5.41) is 11.8. The summed E-state index contributed by atoms with van der Waals surface area (Å²) in [7, 11) is -2.14. The number of aromatic nitrogens is 3. The van der Waals surface area contributed by atoms with Crippen molar-refractivity contribution in [1.82, 2.24) is 19.1 Å². The van der Waals surface area contributed by atoms with Gasteiger partial charge in [-0.25, -0.2) is 8.42 Å². The number of methoxy groups -OCH3 is 1. The standard InChI is InChI=1S/C21H29N5O4S2/c1-15-23-24-21(26(15)16-7-8-16)31-14-20(27)22-18-13-17(9-10-19(18)30-2)32(28,29)25-11-5-3-4-6-12-25/h9-10,13,16H,3-8,11-12,14H2,1-2H3,(H,22,27). The highest BCUT2D eigenvalue weighted by molar-refractivity contribution is 7.99. The number of nitrogens with one attached hydrogen (secondary N) is 1. The van der Waals surface area contributed by atoms with Crippen LogP contribution in [0.25, 0.3) is 0 Å². The van der Waals surface area contributed by atoms with Crippen LogP contribution < -0.4 is 10.1 Å². The summed E-state index contributed by atoms with van der Waals surface area (Å²) in [5.74, 6) is 1.14. The van der Waals surface area contributed by atoms with Crippen molar-refractivity contribution in [2.24, 2.45) is 0 Å². The van der Waals surface area contributed by atoms with Crippen LogP contribution in [0.5, 0.6) is 5.75 Å². The molecule has 11 heteroatoms. The van der Waals surface area contributed by atoms with E-state index in [1.54, 1.807) is 6.07 Å². The first-order valence-corrected chi connectivity index (χ1v) is 13.3. The van der Waals surface area contributed by atoms with Crippen LogP contribution in [0.15, 0.2) is 28.3 Å². The van der Waals surface area contributed by atoms with Crippen LogP contribution in [0.1, 0.15) is 50.4 Å². The Bertz CT molecular complexity index is 1070. The summed E-state index contributed by atoms with van der Waals surface area (Å²) in [6, 6.07) is 5.03. The van der Waals surface area contributed by atoms with Crippen LogP contribution in [-0.4, -0.2) is 59.3 Å². The molecule has 32 heavy (non-hydrogen) atoms. The Hall–Kier alpha value is -2.11. The van der Waals surface area contributed by atoms with Crippen molar-refractivity contribution in [2.45, 2.75) is 61.5 Å². The maximum Gasteiger partial charge on any atom is 0.243 e. The molecule has 1 saturated carbocycles. The smallest absolute Gasteiger partial charge is 0.243 e. The lowest BCUT2D eigenvalue weighted by molar-refractivity contribution is -0.113. The third kappa shape index (κ3) is 5.10. The molecule has 9 nitrogen and oxygen atoms in total. The van der Waals surface area contributed by atoms with E-state index < -0.39 is 10.0 Å². The Morgan fingerprint density at radius 1 is 1.19 bits per heavy atom. The van der Waals surface area contributed by atoms with Gasteiger partial charge in [-0.2, -0.15) is 4.31 Å². The van der Waals surface area contributed by atoms with Crippen molar-refractivity contribution >= 4 is 33.4 Å². The molecule has 1 aliphatic heterocycles. The molecule has 0 atom stereocenters. The number of aryl methyl sites for hydroxylation is 1. The van der Waals surface area contributed by atoms with E-state index in [1.807, 2.05) is 6.92 Å². The van der Waals surface area contributed by atoms with E-state index in [-0.39, 0.29) is 16.6 Å². The normalized spacial score (nSPS) is 17.7. The molecule has 1 saturated heterocycles. The molecule has 1 aliphatic carbocycles. The van der Waals surface area contributed by atoms with E-state index in [4.69, 9.17) is 4.74 Å². The SMILES string of the molecule is COc1ccc(S(=O)(=O)N2CCCCCC2)cc1NC(=O)CSc1nnc(C)n1C1CC1. The highest BCUT2D eigenvalue weighted by Crippen LogP contribution is 2.38. The van der Waals surface area contributed by atoms with Gasteiger partial charge >= 0.3 is 0 Å². The molecule has 1 amide bonds. The number of ether oxygens (including phenoxy) is 1. The van der Waals surface area contributed by atoms with Gasteiger partial charge in [0.2, 0.25) is 15.9 Å². The molecular formula is C21H29N5O4S2. The van der Waals surface area contributed by atoms with E-state index in [9.17, 15) is 13.2 Å². The summed E-state index contributed by atoms with van der Waals surface area (Å²) < 4.78 is 35.3. The number of hydrogen-bond acceptors (Lipinski definition) is 7. The van der Waals surface area contributed by atoms with Crippen LogP contribution in [0.2, 0.25) is 0 Å². The lowest BCUT2D eigenvalue weighted by Crippen LogP contribution is -2.32. The highest BCUT2D eigenvalue weighted by atomic mass is 32.2. The van der Waals surface area contributed by atoms with Gasteiger partial charge in [-0.3, -0.25) is 4.79 Å². The fraction of sp³-hybridized carbons (Fsp3) is 0.571. The Labute approximate surface area is 193 Å². The van der Waals surface area contributed by atoms with Gasteiger partial charge in [-0.05, 0) is 50.8 Å². The number of hydrogen-bond donors (Lipinski definition) is 1. The van der Waals surface area contributed by atoms with E-state index >= 15 is 0 Å². The molecule has 1 aromatic heterocycles. The number of amides is 1. The maximum atomic E-state index is 13.1. The Kier molecular flexibility index (Phi) is 7.06. The molecule has 0 bridgehead atoms. The average molecular weight is 480 g/mol. The number of carbonyl (C=O) groups excluding carboxylic acids is 1. The first kappa shape index (κ1) is 23.1. The molecule has 0 unspecified atom stereocenters. The molecule has 2 fully saturated rings. The molecule has 0 radical (unpaired) electrons. The third-order valence-corrected chi connectivity index (χ3v) is 8.56. The number of sulfonamides is 1. The van der Waals surface area contributed by atoms with Crippen molar-refractivity contribution in [1.29, 1.82) is 0 Å². The second-order valence-corrected chi connectivity index (χ2v) is 11.0. The molecular weight excluding hydrogens is 450 g/mol. The van der Waals surface area contributed by atoms with Gasteiger partial charge in [0.1, 0.15) is 11.6 Å². The summed E-state index contributed by atoms with van der Waals surface area (Å²) in [5.41, 5.74) is 0.342. The zero-order chi connectivity index (χ0) is 22.7. The third-order valence-electron chi connectivity index (χ3n) is 5.73. The van der Waals surface area contributed by atoms with Crippen molar-refractivity contribution in [3.05, 3.63) is 24.0 Å². The van der Waals surface area contributed by atoms with E-state index in [2.05, 4.69) is 20.1 Å². The van der Waals surface area contributed by atoms with Crippen LogP contribution in [0, 0.1) is 6.92 Å². The predicted octanol–water partition coefficient (Wildman–Crippen LogP) is 3.23. The largest absolute Gasteiger partial charge is 0.495 e. The topological polar surface area (TPSA) is 106 Å². The molecule has 1 aromatic carbocycles. The summed E-state index contributed by atoms with van der Waals surface area (Å²) in [6.45, 7) is 2.96. The van der Waals surface area contributed by atoms with Gasteiger partial charge in [0.25, 0.3) is 0 Å². The zero-order valence-electron chi connectivity index (χ0n) is 18.4. The minimum Gasteiger partial charge on any atom is -0.495 e. The lowest BCUT2D eigenvalue weighted by atomic mass is 10.2. The molecule has 0 spiro atoms. The summed E-state index contributed by atoms with van der Waals surface area (Å²) in [6.07, 6.45) is 6.02. The number of nitrogens with zero attached hydrogens (tertiary/aromatic N) is 4. The molecule has 2 aliphatic rings. The van der Waals surface area contributed by atoms with Gasteiger partial charge in [-0.1, -0.05) is 24.6 Å². The summed E-state index contributed by atoms with van der Waals surface area (Å²) >= 11 is 1.32. The average Bonchev–Trinajstić information content (AvgIpc) is 3.58. The van der Waals surface area contributed by atoms with E-state index in [0.717, 1.165) is 49.5 Å². The van der Waals surface area contributed by atoms with Crippen LogP contribution in [0.3, 0.4) is 0 Å². The fourth-order valence-corrected chi connectivity index (χ4v) is 6.29. The number of anilines is 1. The Morgan fingerprint density at radius 2 is 1.91 bits per heavy atom. The van der Waals surface area contributed by atoms with Gasteiger partial charge in [-0.15, -0.1) is 10.2 Å². The van der Waals surface area contributed by atoms with Crippen molar-refractivity contribution in [2.75, 3.05) is 31.3 Å². The first-order chi connectivity index (χ1) is 15.4. The molecule has 2 heterocycles. The lowest BCUT2D eigenvalue weighted by Gasteiger charge is -2.21. The monoisotopic (exact) mass is 479 g/mol. The first-order valence-electron chi connectivity index (χ1n) is 10.9. The van der Waals surface area contributed by atoms with Gasteiger partial charge < -0.3 is 14.6 Å². The Balaban J connectivity index is 1.47. The van der Waals surface area contributed by atoms with E-state index in [1.165, 1.54) is 35.3 Å². The van der Waals surface area contributed by atoms with Gasteiger partial charge in [0.15, 0.2) is 5.16 Å². The van der Waals surface area contributed by atoms with Crippen LogP contribution in [0.4, 0.5) is 5.69 Å². The second-order valence-electron chi connectivity index (χ2n) is 8.15. The maximum absolute atomic E-state index is 13.1. The van der Waals surface area contributed by atoms with Gasteiger partial charge in [0.05, 0.1) is 23.4 Å². The van der Waals surface area contributed by atoms with Crippen molar-refractivity contribution in [3.8, 4) is 5.75 Å². The quantitative estimate of drug-likeness (QED) is 0.579. The van der Waals surface area contributed by atoms with Gasteiger partial charge in [0, 0.05) is 19.1 Å². The number of carbonyl (C=O) groups is 1. The minimum absolute atomic E-state index is 0.136. The summed E-state index contributed by atoms with van der Waals surface area (Å²) in [4.78, 5) is 12.8. The fourth-order valence-electron chi connectivity index (χ4n) is 3.89. The highest BCUT2D eigenvalue weighted by Gasteiger charge is 2.29. The van der Waals surface area contributed by atoms with Crippen molar-refractivity contribution < 1.29 is 17.9 Å². The predicted molar refractivity (Wildman–Crippen MR) is 123 cm³/mol. The molecule has 174 valence electrons.